The molecule has 1 saturated carbocycles. The number of Topliss-reactive ketones (excluding diaryl/α,β-unsaturated/α-hetero) is 1. The van der Waals surface area contributed by atoms with Crippen molar-refractivity contribution in [2.45, 2.75) is 103 Å². The van der Waals surface area contributed by atoms with Crippen LogP contribution in [0.5, 0.6) is 0 Å². The van der Waals surface area contributed by atoms with E-state index in [1.165, 1.54) is 7.11 Å². The van der Waals surface area contributed by atoms with Crippen LogP contribution in [0.4, 0.5) is 11.4 Å². The van der Waals surface area contributed by atoms with Crippen molar-refractivity contribution in [1.29, 1.82) is 0 Å². The Kier molecular flexibility index (Phi) is 20.8. The molecule has 0 saturated heterocycles. The molecule has 0 amide bonds. The van der Waals surface area contributed by atoms with Crippen LogP contribution in [0, 0.1) is 11.8 Å². The van der Waals surface area contributed by atoms with Crippen molar-refractivity contribution in [3.63, 3.8) is 0 Å². The van der Waals surface area contributed by atoms with Gasteiger partial charge in [0.15, 0.2) is 0 Å². The first kappa shape index (κ1) is 43.1. The molecule has 0 heterocycles. The van der Waals surface area contributed by atoms with Gasteiger partial charge in [0, 0.05) is 59.9 Å². The van der Waals surface area contributed by atoms with Crippen LogP contribution in [0.1, 0.15) is 90.0 Å². The summed E-state index contributed by atoms with van der Waals surface area (Å²) in [7, 11) is 1.40. The van der Waals surface area contributed by atoms with Gasteiger partial charge in [-0.15, -0.1) is 0 Å². The molecule has 1 aliphatic rings. The number of carbonyl (C=O) groups excluding carboxylic acids is 2. The SMILES string of the molecule is CCCCC(C)(O)C/C=C/[C@H]1[C@H](O)CC(=O)[C@@H]1CCCCCCC(=O)OC.O=C(O)Cc1ccccc1Nc1c(Cl)cccc1Cl.[Na]. The molecule has 0 aliphatic heterocycles. The van der Waals surface area contributed by atoms with Crippen molar-refractivity contribution in [3.8, 4) is 0 Å². The Morgan fingerprint density at radius 3 is 2.34 bits per heavy atom. The second-order valence-corrected chi connectivity index (χ2v) is 12.9. The second kappa shape index (κ2) is 22.7. The molecule has 4 atom stereocenters. The molecule has 2 aromatic rings. The number of aliphatic carboxylic acids is 1. The van der Waals surface area contributed by atoms with E-state index in [1.807, 2.05) is 25.1 Å². The number of esters is 1. The van der Waals surface area contributed by atoms with E-state index in [1.54, 1.807) is 36.4 Å². The average Bonchev–Trinajstić information content (AvgIpc) is 3.27. The van der Waals surface area contributed by atoms with Gasteiger partial charge in [-0.2, -0.15) is 0 Å². The molecule has 8 nitrogen and oxygen atoms in total. The average molecular weight is 702 g/mol. The van der Waals surface area contributed by atoms with Gasteiger partial charge in [-0.1, -0.05) is 98.6 Å². The summed E-state index contributed by atoms with van der Waals surface area (Å²) in [6.45, 7) is 3.95. The van der Waals surface area contributed by atoms with Gasteiger partial charge in [-0.3, -0.25) is 14.4 Å². The monoisotopic (exact) mass is 700 g/mol. The van der Waals surface area contributed by atoms with E-state index in [-0.39, 0.29) is 66.0 Å². The van der Waals surface area contributed by atoms with Crippen molar-refractivity contribution >= 4 is 81.9 Å². The number of anilines is 2. The number of hydrogen-bond acceptors (Lipinski definition) is 7. The smallest absolute Gasteiger partial charge is 0.307 e. The molecule has 1 aliphatic carbocycles. The topological polar surface area (TPSA) is 133 Å². The van der Waals surface area contributed by atoms with E-state index in [9.17, 15) is 24.6 Å². The zero-order valence-corrected chi connectivity index (χ0v) is 31.7. The molecule has 11 heteroatoms. The van der Waals surface area contributed by atoms with Gasteiger partial charge in [0.2, 0.25) is 0 Å². The number of aliphatic hydroxyl groups excluding tert-OH is 1. The molecule has 2 aromatic carbocycles. The maximum atomic E-state index is 12.2. The molecular weight excluding hydrogens is 652 g/mol. The van der Waals surface area contributed by atoms with Gasteiger partial charge in [-0.25, -0.2) is 0 Å². The van der Waals surface area contributed by atoms with Crippen molar-refractivity contribution in [3.05, 3.63) is 70.2 Å². The number of carboxylic acid groups (broad SMARTS) is 1. The fraction of sp³-hybridized carbons (Fsp3) is 0.528. The predicted molar refractivity (Wildman–Crippen MR) is 190 cm³/mol. The Morgan fingerprint density at radius 2 is 1.70 bits per heavy atom. The molecule has 1 unspecified atom stereocenters. The standard InChI is InChI=1S/C22H38O5.C14H11Cl2NO2.Na/c1-4-5-14-22(2,26)15-10-12-18-17(19(23)16-20(18)24)11-8-6-7-9-13-21(25)27-3;15-10-5-3-6-11(16)14(10)17-12-7-2-1-4-9(12)8-13(18)19;/h10,12,17-18,20,24,26H,4-9,11,13-16H2,1-3H3;1-7,17H,8H2,(H,18,19);/b12-10+;;/t17-,18-,20-,22?;;/m1../s1. The molecular formula is C36H49Cl2NNaO7. The Labute approximate surface area is 311 Å². The number of methoxy groups -OCH3 is 1. The minimum absolute atomic E-state index is 0. The van der Waals surface area contributed by atoms with Gasteiger partial charge >= 0.3 is 11.9 Å². The maximum absolute atomic E-state index is 12.2. The number of hydrogen-bond donors (Lipinski definition) is 4. The van der Waals surface area contributed by atoms with Crippen molar-refractivity contribution in [1.82, 2.24) is 0 Å². The van der Waals surface area contributed by atoms with Crippen LogP contribution in [-0.4, -0.2) is 81.4 Å². The van der Waals surface area contributed by atoms with Crippen molar-refractivity contribution < 1.29 is 34.4 Å². The summed E-state index contributed by atoms with van der Waals surface area (Å²) in [5.74, 6) is -1.19. The maximum Gasteiger partial charge on any atom is 0.307 e. The Bertz CT molecular complexity index is 1280. The summed E-state index contributed by atoms with van der Waals surface area (Å²) in [5, 5.41) is 33.6. The third-order valence-corrected chi connectivity index (χ3v) is 8.80. The number of ether oxygens (including phenoxy) is 1. The van der Waals surface area contributed by atoms with Gasteiger partial charge in [0.1, 0.15) is 5.78 Å². The summed E-state index contributed by atoms with van der Waals surface area (Å²) in [4.78, 5) is 34.2. The first-order valence-electron chi connectivity index (χ1n) is 16.1. The van der Waals surface area contributed by atoms with E-state index in [0.717, 1.165) is 51.4 Å². The van der Waals surface area contributed by atoms with E-state index < -0.39 is 17.7 Å². The molecule has 1 radical (unpaired) electrons. The Hall–Kier alpha value is -1.91. The van der Waals surface area contributed by atoms with Gasteiger partial charge in [0.05, 0.1) is 41.0 Å². The van der Waals surface area contributed by atoms with E-state index in [2.05, 4.69) is 17.0 Å². The fourth-order valence-corrected chi connectivity index (χ4v) is 6.02. The van der Waals surface area contributed by atoms with E-state index in [4.69, 9.17) is 28.3 Å². The van der Waals surface area contributed by atoms with Crippen molar-refractivity contribution in [2.75, 3.05) is 12.4 Å². The minimum atomic E-state index is -0.889. The quantitative estimate of drug-likeness (QED) is 0.0566. The second-order valence-electron chi connectivity index (χ2n) is 12.1. The number of carboxylic acids is 1. The van der Waals surface area contributed by atoms with Crippen LogP contribution in [0.3, 0.4) is 0 Å². The molecule has 47 heavy (non-hydrogen) atoms. The number of nitrogens with one attached hydrogen (secondary N) is 1. The molecule has 0 aromatic heterocycles. The molecule has 3 rings (SSSR count). The summed E-state index contributed by atoms with van der Waals surface area (Å²) in [5.41, 5.74) is 1.20. The number of rotatable bonds is 17. The van der Waals surface area contributed by atoms with E-state index >= 15 is 0 Å². The molecule has 1 fully saturated rings. The van der Waals surface area contributed by atoms with Crippen molar-refractivity contribution in [2.24, 2.45) is 11.8 Å². The van der Waals surface area contributed by atoms with Crippen LogP contribution in [0.15, 0.2) is 54.6 Å². The van der Waals surface area contributed by atoms with Gasteiger partial charge in [0.25, 0.3) is 0 Å². The number of para-hydroxylation sites is 2. The zero-order valence-electron chi connectivity index (χ0n) is 28.1. The van der Waals surface area contributed by atoms with Crippen LogP contribution < -0.4 is 5.32 Å². The first-order chi connectivity index (χ1) is 21.9. The Balaban J connectivity index is 0.000000485. The Morgan fingerprint density at radius 1 is 1.04 bits per heavy atom. The van der Waals surface area contributed by atoms with Crippen LogP contribution in [0.25, 0.3) is 0 Å². The first-order valence-corrected chi connectivity index (χ1v) is 16.8. The minimum Gasteiger partial charge on any atom is -0.481 e. The number of carbonyl (C=O) groups is 3. The molecule has 0 bridgehead atoms. The number of benzene rings is 2. The normalized spacial score (nSPS) is 18.5. The summed E-state index contributed by atoms with van der Waals surface area (Å²) < 4.78 is 4.62. The number of unbranched alkanes of at least 4 members (excludes halogenated alkanes) is 4. The summed E-state index contributed by atoms with van der Waals surface area (Å²) in [6.07, 6.45) is 11.6. The largest absolute Gasteiger partial charge is 0.481 e. The predicted octanol–water partition coefficient (Wildman–Crippen LogP) is 7.94. The van der Waals surface area contributed by atoms with Gasteiger partial charge in [-0.05, 0) is 56.4 Å². The van der Waals surface area contributed by atoms with Crippen LogP contribution in [-0.2, 0) is 25.5 Å². The molecule has 0 spiro atoms. The molecule has 4 N–H and O–H groups in total. The number of halogens is 2. The summed E-state index contributed by atoms with van der Waals surface area (Å²) >= 11 is 12.1. The zero-order chi connectivity index (χ0) is 34.1. The van der Waals surface area contributed by atoms with Gasteiger partial charge < -0.3 is 25.4 Å². The number of ketones is 1. The van der Waals surface area contributed by atoms with E-state index in [0.29, 0.717) is 39.8 Å². The van der Waals surface area contributed by atoms with Crippen LogP contribution >= 0.6 is 23.2 Å². The van der Waals surface area contributed by atoms with Crippen LogP contribution in [0.2, 0.25) is 10.0 Å². The summed E-state index contributed by atoms with van der Waals surface area (Å²) in [6, 6.07) is 12.3. The third-order valence-electron chi connectivity index (χ3n) is 8.17. The third kappa shape index (κ3) is 15.9. The molecule has 255 valence electrons. The fourth-order valence-electron chi connectivity index (χ4n) is 5.53. The number of aliphatic hydroxyl groups is 2.